The number of rotatable bonds is 1. The largest absolute Gasteiger partial charge is 0.478 e. The molecule has 0 amide bonds. The van der Waals surface area contributed by atoms with E-state index in [1.807, 2.05) is 12.3 Å². The molecule has 0 unspecified atom stereocenters. The van der Waals surface area contributed by atoms with Crippen molar-refractivity contribution in [1.82, 2.24) is 9.97 Å². The van der Waals surface area contributed by atoms with Gasteiger partial charge in [0.15, 0.2) is 5.65 Å². The Kier molecular flexibility index (Phi) is 4.29. The molecule has 1 aliphatic heterocycles. The third kappa shape index (κ3) is 3.52. The van der Waals surface area contributed by atoms with Crippen molar-refractivity contribution >= 4 is 22.7 Å². The fourth-order valence-corrected chi connectivity index (χ4v) is 2.26. The molecule has 5 heteroatoms. The smallest absolute Gasteiger partial charge is 0.337 e. The van der Waals surface area contributed by atoms with Crippen LogP contribution in [0.3, 0.4) is 0 Å². The highest BCUT2D eigenvalue weighted by atomic mass is 16.4. The van der Waals surface area contributed by atoms with Crippen LogP contribution in [0.1, 0.15) is 15.9 Å². The lowest BCUT2D eigenvalue weighted by atomic mass is 10.1. The Morgan fingerprint density at radius 1 is 1.13 bits per heavy atom. The number of nitrogens with zero attached hydrogens (tertiary/aromatic N) is 2. The molecule has 0 saturated carbocycles. The molecular formula is C18H15N3O2. The van der Waals surface area contributed by atoms with Crippen LogP contribution in [0, 0.1) is 0 Å². The standard InChI is InChI=1S/C9H6N2O2.C9H9N/c12-9(13)7-4-6-2-1-3-10-8(6)11-5-7;1-2-6-9-8(4-1)5-3-7-10-9/h1-5H,(H,12,13);1-4,6-7,10H,5H2. The number of hydrogen-bond acceptors (Lipinski definition) is 4. The van der Waals surface area contributed by atoms with E-state index in [9.17, 15) is 4.79 Å². The molecule has 23 heavy (non-hydrogen) atoms. The van der Waals surface area contributed by atoms with Crippen LogP contribution in [0.4, 0.5) is 5.69 Å². The topological polar surface area (TPSA) is 75.1 Å². The monoisotopic (exact) mass is 305 g/mol. The quantitative estimate of drug-likeness (QED) is 0.719. The van der Waals surface area contributed by atoms with Crippen molar-refractivity contribution in [3.63, 3.8) is 0 Å². The predicted octanol–water partition coefficient (Wildman–Crippen LogP) is 3.50. The molecule has 0 saturated heterocycles. The Morgan fingerprint density at radius 2 is 2.00 bits per heavy atom. The van der Waals surface area contributed by atoms with E-state index in [1.54, 1.807) is 24.4 Å². The van der Waals surface area contributed by atoms with E-state index in [1.165, 1.54) is 17.4 Å². The minimum atomic E-state index is -0.974. The number of carboxylic acid groups (broad SMARTS) is 1. The van der Waals surface area contributed by atoms with Gasteiger partial charge in [0, 0.05) is 23.5 Å². The average molecular weight is 305 g/mol. The molecule has 0 fully saturated rings. The Hall–Kier alpha value is -3.21. The first kappa shape index (κ1) is 14.7. The number of para-hydroxylation sites is 1. The van der Waals surface area contributed by atoms with Gasteiger partial charge in [0.05, 0.1) is 5.56 Å². The van der Waals surface area contributed by atoms with E-state index in [-0.39, 0.29) is 5.56 Å². The van der Waals surface area contributed by atoms with Gasteiger partial charge in [-0.2, -0.15) is 0 Å². The van der Waals surface area contributed by atoms with Crippen molar-refractivity contribution in [3.05, 3.63) is 78.3 Å². The maximum Gasteiger partial charge on any atom is 0.337 e. The molecule has 2 aromatic heterocycles. The van der Waals surface area contributed by atoms with Crippen LogP contribution < -0.4 is 5.32 Å². The molecule has 2 N–H and O–H groups in total. The lowest BCUT2D eigenvalue weighted by Crippen LogP contribution is -1.98. The van der Waals surface area contributed by atoms with Crippen molar-refractivity contribution in [2.24, 2.45) is 0 Å². The molecular weight excluding hydrogens is 290 g/mol. The number of aromatic nitrogens is 2. The second-order valence-electron chi connectivity index (χ2n) is 4.99. The summed E-state index contributed by atoms with van der Waals surface area (Å²) < 4.78 is 0. The Balaban J connectivity index is 0.000000140. The summed E-state index contributed by atoms with van der Waals surface area (Å²) in [6, 6.07) is 13.4. The molecule has 3 heterocycles. The zero-order valence-electron chi connectivity index (χ0n) is 12.3. The summed E-state index contributed by atoms with van der Waals surface area (Å²) in [5.74, 6) is -0.974. The molecule has 0 spiro atoms. The molecule has 114 valence electrons. The van der Waals surface area contributed by atoms with Gasteiger partial charge in [-0.1, -0.05) is 24.3 Å². The number of aromatic carboxylic acids is 1. The second-order valence-corrected chi connectivity index (χ2v) is 4.99. The summed E-state index contributed by atoms with van der Waals surface area (Å²) in [6.45, 7) is 0. The minimum Gasteiger partial charge on any atom is -0.478 e. The fourth-order valence-electron chi connectivity index (χ4n) is 2.26. The van der Waals surface area contributed by atoms with Gasteiger partial charge in [-0.25, -0.2) is 14.8 Å². The van der Waals surface area contributed by atoms with Crippen LogP contribution in [0.25, 0.3) is 11.0 Å². The van der Waals surface area contributed by atoms with Gasteiger partial charge in [-0.15, -0.1) is 0 Å². The van der Waals surface area contributed by atoms with E-state index in [0.29, 0.717) is 5.65 Å². The number of allylic oxidation sites excluding steroid dienone is 1. The van der Waals surface area contributed by atoms with Crippen molar-refractivity contribution < 1.29 is 9.90 Å². The summed E-state index contributed by atoms with van der Waals surface area (Å²) in [4.78, 5) is 18.5. The first-order chi connectivity index (χ1) is 11.2. The van der Waals surface area contributed by atoms with Gasteiger partial charge in [0.2, 0.25) is 0 Å². The molecule has 5 nitrogen and oxygen atoms in total. The van der Waals surface area contributed by atoms with Gasteiger partial charge < -0.3 is 10.4 Å². The number of anilines is 1. The van der Waals surface area contributed by atoms with Crippen LogP contribution in [0.5, 0.6) is 0 Å². The number of nitrogens with one attached hydrogen (secondary N) is 1. The Bertz CT molecular complexity index is 848. The van der Waals surface area contributed by atoms with Crippen LogP contribution in [-0.4, -0.2) is 21.0 Å². The van der Waals surface area contributed by atoms with Crippen LogP contribution >= 0.6 is 0 Å². The van der Waals surface area contributed by atoms with E-state index in [0.717, 1.165) is 11.8 Å². The molecule has 0 bridgehead atoms. The highest BCUT2D eigenvalue weighted by Crippen LogP contribution is 2.18. The summed E-state index contributed by atoms with van der Waals surface area (Å²) in [5.41, 5.74) is 3.36. The molecule has 0 aliphatic carbocycles. The number of hydrogen-bond donors (Lipinski definition) is 2. The van der Waals surface area contributed by atoms with E-state index < -0.39 is 5.97 Å². The number of carbonyl (C=O) groups is 1. The maximum absolute atomic E-state index is 10.6. The van der Waals surface area contributed by atoms with Gasteiger partial charge in [-0.05, 0) is 42.4 Å². The molecule has 1 aromatic carbocycles. The normalized spacial score (nSPS) is 11.8. The number of carboxylic acids is 1. The van der Waals surface area contributed by atoms with Crippen molar-refractivity contribution in [3.8, 4) is 0 Å². The maximum atomic E-state index is 10.6. The summed E-state index contributed by atoms with van der Waals surface area (Å²) in [5, 5.41) is 12.6. The second kappa shape index (κ2) is 6.70. The molecule has 4 rings (SSSR count). The van der Waals surface area contributed by atoms with Crippen molar-refractivity contribution in [1.29, 1.82) is 0 Å². The van der Waals surface area contributed by atoms with E-state index in [4.69, 9.17) is 5.11 Å². The first-order valence-electron chi connectivity index (χ1n) is 7.17. The van der Waals surface area contributed by atoms with E-state index >= 15 is 0 Å². The van der Waals surface area contributed by atoms with Gasteiger partial charge in [0.1, 0.15) is 0 Å². The van der Waals surface area contributed by atoms with Gasteiger partial charge in [-0.3, -0.25) is 0 Å². The third-order valence-corrected chi connectivity index (χ3v) is 3.41. The lowest BCUT2D eigenvalue weighted by molar-refractivity contribution is 0.0696. The van der Waals surface area contributed by atoms with Crippen molar-refractivity contribution in [2.45, 2.75) is 6.42 Å². The lowest BCUT2D eigenvalue weighted by Gasteiger charge is -2.10. The number of pyridine rings is 2. The number of fused-ring (bicyclic) bond motifs is 2. The van der Waals surface area contributed by atoms with Crippen LogP contribution in [0.15, 0.2) is 67.1 Å². The molecule has 3 aromatic rings. The van der Waals surface area contributed by atoms with Crippen LogP contribution in [-0.2, 0) is 6.42 Å². The summed E-state index contributed by atoms with van der Waals surface area (Å²) >= 11 is 0. The van der Waals surface area contributed by atoms with E-state index in [2.05, 4.69) is 39.6 Å². The highest BCUT2D eigenvalue weighted by Gasteiger charge is 2.04. The molecule has 0 atom stereocenters. The van der Waals surface area contributed by atoms with Crippen LogP contribution in [0.2, 0.25) is 0 Å². The first-order valence-corrected chi connectivity index (χ1v) is 7.17. The van der Waals surface area contributed by atoms with Crippen molar-refractivity contribution in [2.75, 3.05) is 5.32 Å². The zero-order chi connectivity index (χ0) is 16.1. The third-order valence-electron chi connectivity index (χ3n) is 3.41. The predicted molar refractivity (Wildman–Crippen MR) is 89.4 cm³/mol. The highest BCUT2D eigenvalue weighted by molar-refractivity contribution is 5.91. The van der Waals surface area contributed by atoms with Gasteiger partial charge >= 0.3 is 5.97 Å². The number of benzene rings is 1. The molecule has 0 radical (unpaired) electrons. The minimum absolute atomic E-state index is 0.181. The van der Waals surface area contributed by atoms with Gasteiger partial charge in [0.25, 0.3) is 0 Å². The molecule has 1 aliphatic rings. The zero-order valence-corrected chi connectivity index (χ0v) is 12.3. The summed E-state index contributed by atoms with van der Waals surface area (Å²) in [7, 11) is 0. The SMILES string of the molecule is C1=CNc2ccccc2C1.O=C(O)c1cnc2ncccc2c1. The Labute approximate surface area is 133 Å². The summed E-state index contributed by atoms with van der Waals surface area (Å²) in [6.07, 6.45) is 8.10. The average Bonchev–Trinajstić information content (AvgIpc) is 2.62. The fraction of sp³-hybridized carbons (Fsp3) is 0.0556. The Morgan fingerprint density at radius 3 is 2.83 bits per heavy atom.